The standard InChI is InChI=1S/C25H24N8O4/c1-35-13-18-11-16-10-15(12-19(36-2)21(16)37-18)20(30-17-6-4-14(5-7-17)22(26)27)23-31-25(34)33(32-23)24-28-8-3-9-29-24/h3-12,20,30H,13H2,1-2H3,(H3,26,27)(H,31,32,34). The van der Waals surface area contributed by atoms with Crippen molar-refractivity contribution in [2.75, 3.05) is 19.5 Å². The van der Waals surface area contributed by atoms with Gasteiger partial charge in [0.25, 0.3) is 5.95 Å². The van der Waals surface area contributed by atoms with Crippen LogP contribution in [-0.4, -0.2) is 44.8 Å². The van der Waals surface area contributed by atoms with E-state index in [1.165, 1.54) is 12.4 Å². The maximum Gasteiger partial charge on any atom is 0.350 e. The summed E-state index contributed by atoms with van der Waals surface area (Å²) in [4.78, 5) is 23.9. The summed E-state index contributed by atoms with van der Waals surface area (Å²) in [6.45, 7) is 0.312. The normalized spacial score (nSPS) is 11.9. The topological polar surface area (TPSA) is 170 Å². The third-order valence-electron chi connectivity index (χ3n) is 5.65. The Morgan fingerprint density at radius 1 is 1.19 bits per heavy atom. The lowest BCUT2D eigenvalue weighted by Crippen LogP contribution is -2.18. The summed E-state index contributed by atoms with van der Waals surface area (Å²) in [7, 11) is 3.15. The molecule has 0 fully saturated rings. The zero-order valence-electron chi connectivity index (χ0n) is 20.1. The lowest BCUT2D eigenvalue weighted by Gasteiger charge is -2.19. The Balaban J connectivity index is 1.62. The van der Waals surface area contributed by atoms with Crippen LogP contribution in [0.1, 0.15) is 28.8 Å². The summed E-state index contributed by atoms with van der Waals surface area (Å²) >= 11 is 0. The molecule has 5 N–H and O–H groups in total. The number of nitrogens with one attached hydrogen (secondary N) is 3. The zero-order valence-corrected chi connectivity index (χ0v) is 20.1. The van der Waals surface area contributed by atoms with E-state index in [2.05, 4.69) is 25.4 Å². The van der Waals surface area contributed by atoms with Crippen molar-refractivity contribution in [1.29, 1.82) is 5.41 Å². The van der Waals surface area contributed by atoms with Gasteiger partial charge in [0, 0.05) is 36.1 Å². The first-order chi connectivity index (χ1) is 18.0. The summed E-state index contributed by atoms with van der Waals surface area (Å²) in [6, 6.07) is 13.7. The first kappa shape index (κ1) is 23.8. The molecule has 12 heteroatoms. The Morgan fingerprint density at radius 3 is 2.62 bits per heavy atom. The summed E-state index contributed by atoms with van der Waals surface area (Å²) < 4.78 is 17.8. The van der Waals surface area contributed by atoms with Crippen molar-refractivity contribution in [3.8, 4) is 11.7 Å². The molecule has 0 bridgehead atoms. The van der Waals surface area contributed by atoms with E-state index in [9.17, 15) is 4.79 Å². The smallest absolute Gasteiger partial charge is 0.350 e. The highest BCUT2D eigenvalue weighted by molar-refractivity contribution is 5.95. The van der Waals surface area contributed by atoms with Crippen molar-refractivity contribution in [3.05, 3.63) is 94.1 Å². The number of anilines is 1. The average molecular weight is 501 g/mol. The van der Waals surface area contributed by atoms with Gasteiger partial charge in [0.1, 0.15) is 24.2 Å². The minimum absolute atomic E-state index is 0.0314. The number of hydrogen-bond acceptors (Lipinski definition) is 9. The number of aromatic amines is 1. The molecule has 0 aliphatic heterocycles. The average Bonchev–Trinajstić information content (AvgIpc) is 3.50. The van der Waals surface area contributed by atoms with Crippen LogP contribution in [0.25, 0.3) is 16.9 Å². The zero-order chi connectivity index (χ0) is 25.9. The number of nitrogens with zero attached hydrogens (tertiary/aromatic N) is 4. The van der Waals surface area contributed by atoms with E-state index in [-0.39, 0.29) is 11.8 Å². The highest BCUT2D eigenvalue weighted by Crippen LogP contribution is 2.35. The number of nitrogens with two attached hydrogens (primary N) is 1. The van der Waals surface area contributed by atoms with Crippen LogP contribution in [0.3, 0.4) is 0 Å². The lowest BCUT2D eigenvalue weighted by atomic mass is 10.0. The van der Waals surface area contributed by atoms with Gasteiger partial charge in [-0.15, -0.1) is 9.78 Å². The molecule has 2 aromatic carbocycles. The summed E-state index contributed by atoms with van der Waals surface area (Å²) in [6.07, 6.45) is 3.06. The van der Waals surface area contributed by atoms with Crippen molar-refractivity contribution < 1.29 is 13.9 Å². The highest BCUT2D eigenvalue weighted by atomic mass is 16.5. The summed E-state index contributed by atoms with van der Waals surface area (Å²) in [5.74, 6) is 1.61. The largest absolute Gasteiger partial charge is 0.493 e. The maximum absolute atomic E-state index is 12.8. The van der Waals surface area contributed by atoms with Crippen molar-refractivity contribution in [2.24, 2.45) is 5.73 Å². The van der Waals surface area contributed by atoms with Gasteiger partial charge in [0.15, 0.2) is 17.2 Å². The monoisotopic (exact) mass is 500 g/mol. The fourth-order valence-electron chi connectivity index (χ4n) is 3.96. The van der Waals surface area contributed by atoms with Gasteiger partial charge in [-0.25, -0.2) is 14.8 Å². The van der Waals surface area contributed by atoms with E-state index >= 15 is 0 Å². The molecule has 0 aliphatic rings. The number of benzene rings is 2. The van der Waals surface area contributed by atoms with Gasteiger partial charge in [-0.05, 0) is 54.1 Å². The fraction of sp³-hybridized carbons (Fsp3) is 0.160. The molecule has 1 atom stereocenters. The molecule has 3 aromatic heterocycles. The number of nitrogen functional groups attached to an aromatic ring is 1. The van der Waals surface area contributed by atoms with Crippen LogP contribution < -0.4 is 21.5 Å². The maximum atomic E-state index is 12.8. The second-order valence-electron chi connectivity index (χ2n) is 8.13. The highest BCUT2D eigenvalue weighted by Gasteiger charge is 2.24. The second-order valence-corrected chi connectivity index (χ2v) is 8.13. The molecule has 1 unspecified atom stereocenters. The first-order valence-corrected chi connectivity index (χ1v) is 11.2. The van der Waals surface area contributed by atoms with Crippen molar-refractivity contribution in [1.82, 2.24) is 24.7 Å². The third-order valence-corrected chi connectivity index (χ3v) is 5.65. The molecule has 0 radical (unpaired) electrons. The summed E-state index contributed by atoms with van der Waals surface area (Å²) in [5.41, 5.74) is 7.75. The molecule has 188 valence electrons. The van der Waals surface area contributed by atoms with Gasteiger partial charge in [-0.1, -0.05) is 0 Å². The minimum Gasteiger partial charge on any atom is -0.493 e. The van der Waals surface area contributed by atoms with Crippen LogP contribution in [-0.2, 0) is 11.3 Å². The van der Waals surface area contributed by atoms with Gasteiger partial charge in [-0.3, -0.25) is 10.4 Å². The predicted octanol–water partition coefficient (Wildman–Crippen LogP) is 2.74. The number of aromatic nitrogens is 5. The van der Waals surface area contributed by atoms with E-state index < -0.39 is 11.7 Å². The van der Waals surface area contributed by atoms with Crippen LogP contribution in [0, 0.1) is 5.41 Å². The number of hydrogen-bond donors (Lipinski definition) is 4. The Hall–Kier alpha value is -4.97. The molecule has 12 nitrogen and oxygen atoms in total. The fourth-order valence-corrected chi connectivity index (χ4v) is 3.96. The second kappa shape index (κ2) is 9.95. The van der Waals surface area contributed by atoms with E-state index in [1.807, 2.05) is 18.2 Å². The van der Waals surface area contributed by atoms with Crippen molar-refractivity contribution >= 4 is 22.5 Å². The Kier molecular flexibility index (Phi) is 6.39. The first-order valence-electron chi connectivity index (χ1n) is 11.2. The lowest BCUT2D eigenvalue weighted by molar-refractivity contribution is 0.166. The van der Waals surface area contributed by atoms with Crippen LogP contribution in [0.4, 0.5) is 5.69 Å². The minimum atomic E-state index is -0.611. The number of amidine groups is 1. The number of rotatable bonds is 9. The van der Waals surface area contributed by atoms with Crippen molar-refractivity contribution in [2.45, 2.75) is 12.6 Å². The quantitative estimate of drug-likeness (QED) is 0.175. The molecule has 5 rings (SSSR count). The van der Waals surface area contributed by atoms with Crippen LogP contribution in [0.2, 0.25) is 0 Å². The predicted molar refractivity (Wildman–Crippen MR) is 136 cm³/mol. The molecule has 0 saturated heterocycles. The molecule has 3 heterocycles. The molecule has 37 heavy (non-hydrogen) atoms. The van der Waals surface area contributed by atoms with Gasteiger partial charge in [0.2, 0.25) is 0 Å². The molecule has 0 spiro atoms. The molecule has 5 aromatic rings. The number of fused-ring (bicyclic) bond motifs is 1. The van der Waals surface area contributed by atoms with Crippen molar-refractivity contribution in [3.63, 3.8) is 0 Å². The van der Waals surface area contributed by atoms with Gasteiger partial charge < -0.3 is 24.9 Å². The number of H-pyrrole nitrogens is 1. The molecule has 0 amide bonds. The van der Waals surface area contributed by atoms with Gasteiger partial charge >= 0.3 is 5.69 Å². The number of ether oxygens (including phenoxy) is 2. The SMILES string of the molecule is COCc1cc2cc(C(Nc3ccc(C(=N)N)cc3)c3nn(-c4ncccn4)c(=O)[nH]3)cc(OC)c2o1. The molecular formula is C25H24N8O4. The van der Waals surface area contributed by atoms with E-state index in [0.29, 0.717) is 40.8 Å². The number of furan rings is 1. The molecular weight excluding hydrogens is 476 g/mol. The van der Waals surface area contributed by atoms with Gasteiger partial charge in [-0.2, -0.15) is 0 Å². The molecule has 0 saturated carbocycles. The van der Waals surface area contributed by atoms with Crippen LogP contribution in [0.5, 0.6) is 5.75 Å². The third kappa shape index (κ3) is 4.77. The Bertz CT molecular complexity index is 1610. The van der Waals surface area contributed by atoms with E-state index in [0.717, 1.165) is 15.6 Å². The Morgan fingerprint density at radius 2 is 1.95 bits per heavy atom. The Labute approximate surface area is 210 Å². The van der Waals surface area contributed by atoms with Crippen LogP contribution in [0.15, 0.2) is 70.1 Å². The summed E-state index contributed by atoms with van der Waals surface area (Å²) in [5, 5.41) is 16.3. The van der Waals surface area contributed by atoms with Gasteiger partial charge in [0.05, 0.1) is 7.11 Å². The van der Waals surface area contributed by atoms with E-state index in [4.69, 9.17) is 25.0 Å². The van der Waals surface area contributed by atoms with Crippen LogP contribution >= 0.6 is 0 Å². The molecule has 0 aliphatic carbocycles. The van der Waals surface area contributed by atoms with E-state index in [1.54, 1.807) is 44.6 Å². The number of methoxy groups -OCH3 is 2.